The zero-order chi connectivity index (χ0) is 31.7. The van der Waals surface area contributed by atoms with Crippen LogP contribution in [-0.2, 0) is 29.4 Å². The molecule has 0 saturated heterocycles. The van der Waals surface area contributed by atoms with Crippen molar-refractivity contribution >= 4 is 49.8 Å². The maximum atomic E-state index is 13.7. The minimum Gasteiger partial charge on any atom is -0.359 e. The molecule has 0 fully saturated rings. The van der Waals surface area contributed by atoms with Crippen LogP contribution in [0.3, 0.4) is 0 Å². The maximum absolute atomic E-state index is 13.7. The van der Waals surface area contributed by atoms with Crippen LogP contribution in [0, 0.1) is 13.8 Å². The van der Waals surface area contributed by atoms with Crippen LogP contribution in [0.25, 0.3) is 22.0 Å². The molecule has 0 saturated carbocycles. The lowest BCUT2D eigenvalue weighted by Gasteiger charge is -2.17. The van der Waals surface area contributed by atoms with Gasteiger partial charge in [-0.1, -0.05) is 73.2 Å². The van der Waals surface area contributed by atoms with E-state index < -0.39 is 10.0 Å². The monoisotopic (exact) mass is 656 g/mol. The third-order valence-electron chi connectivity index (χ3n) is 7.72. The zero-order valence-corrected chi connectivity index (χ0v) is 27.8. The standard InChI is InChI=1S/C34H32N4O4S3/c1-5-25-18-29-32(28(6-2)35-25)30(44-26-10-8-7-9-11-26)19-31(39)38(29)20-23-12-14-24(15-13-23)27-16-17-43-34(27)45(40,41)37-33-21(3)22(4)42-36-33/h7-19H,5-6,20H2,1-4H3,(H,36,37). The molecule has 2 aromatic carbocycles. The molecule has 11 heteroatoms. The normalized spacial score (nSPS) is 11.7. The molecule has 0 aliphatic rings. The fourth-order valence-electron chi connectivity index (χ4n) is 5.17. The molecule has 4 aromatic heterocycles. The summed E-state index contributed by atoms with van der Waals surface area (Å²) in [5.74, 6) is 0.736. The van der Waals surface area contributed by atoms with Crippen molar-refractivity contribution in [3.05, 3.63) is 117 Å². The Bertz CT molecular complexity index is 2170. The molecule has 0 atom stereocenters. The van der Waals surface area contributed by atoms with Gasteiger partial charge in [0.1, 0.15) is 9.97 Å². The summed E-state index contributed by atoms with van der Waals surface area (Å²) in [4.78, 5) is 20.6. The van der Waals surface area contributed by atoms with Gasteiger partial charge in [0.15, 0.2) is 5.82 Å². The molecule has 0 amide bonds. The molecule has 0 aliphatic heterocycles. The molecule has 6 aromatic rings. The van der Waals surface area contributed by atoms with Gasteiger partial charge in [-0.2, -0.15) is 0 Å². The number of aryl methyl sites for hydroxylation is 3. The number of aromatic nitrogens is 3. The number of anilines is 1. The highest BCUT2D eigenvalue weighted by molar-refractivity contribution is 7.99. The second-order valence-corrected chi connectivity index (χ2v) is 14.6. The van der Waals surface area contributed by atoms with Crippen molar-refractivity contribution in [1.82, 2.24) is 14.7 Å². The Morgan fingerprint density at radius 2 is 1.73 bits per heavy atom. The van der Waals surface area contributed by atoms with E-state index in [1.54, 1.807) is 43.1 Å². The number of hydrogen-bond acceptors (Lipinski definition) is 8. The zero-order valence-electron chi connectivity index (χ0n) is 25.3. The Balaban J connectivity index is 1.35. The Morgan fingerprint density at radius 3 is 2.40 bits per heavy atom. The molecule has 230 valence electrons. The van der Waals surface area contributed by atoms with Crippen LogP contribution in [0.1, 0.15) is 42.1 Å². The molecule has 0 radical (unpaired) electrons. The Kier molecular flexibility index (Phi) is 8.67. The molecule has 4 heterocycles. The minimum atomic E-state index is -3.89. The number of nitrogens with zero attached hydrogens (tertiary/aromatic N) is 3. The van der Waals surface area contributed by atoms with Gasteiger partial charge < -0.3 is 9.09 Å². The van der Waals surface area contributed by atoms with E-state index in [0.29, 0.717) is 23.4 Å². The van der Waals surface area contributed by atoms with Gasteiger partial charge in [0.05, 0.1) is 17.8 Å². The topological polar surface area (TPSA) is 107 Å². The van der Waals surface area contributed by atoms with Gasteiger partial charge in [0.25, 0.3) is 15.6 Å². The van der Waals surface area contributed by atoms with Crippen molar-refractivity contribution in [2.75, 3.05) is 4.72 Å². The highest BCUT2D eigenvalue weighted by Crippen LogP contribution is 2.36. The maximum Gasteiger partial charge on any atom is 0.273 e. The molecule has 1 N–H and O–H groups in total. The van der Waals surface area contributed by atoms with E-state index in [9.17, 15) is 13.2 Å². The molecule has 0 unspecified atom stereocenters. The molecule has 0 aliphatic carbocycles. The van der Waals surface area contributed by atoms with Crippen molar-refractivity contribution < 1.29 is 12.9 Å². The number of hydrogen-bond donors (Lipinski definition) is 1. The van der Waals surface area contributed by atoms with Crippen molar-refractivity contribution in [3.8, 4) is 11.1 Å². The largest absolute Gasteiger partial charge is 0.359 e. The van der Waals surface area contributed by atoms with Gasteiger partial charge in [0.2, 0.25) is 0 Å². The van der Waals surface area contributed by atoms with Gasteiger partial charge >= 0.3 is 0 Å². The first-order valence-electron chi connectivity index (χ1n) is 14.6. The number of nitrogens with one attached hydrogen (secondary N) is 1. The lowest BCUT2D eigenvalue weighted by molar-refractivity contribution is 0.399. The number of sulfonamides is 1. The van der Waals surface area contributed by atoms with Gasteiger partial charge in [-0.25, -0.2) is 8.42 Å². The summed E-state index contributed by atoms with van der Waals surface area (Å²) in [6.45, 7) is 8.01. The van der Waals surface area contributed by atoms with Crippen molar-refractivity contribution in [3.63, 3.8) is 0 Å². The van der Waals surface area contributed by atoms with Crippen LogP contribution in [0.2, 0.25) is 0 Å². The average Bonchev–Trinajstić information content (AvgIpc) is 3.66. The summed E-state index contributed by atoms with van der Waals surface area (Å²) in [5, 5.41) is 6.60. The van der Waals surface area contributed by atoms with Crippen LogP contribution >= 0.6 is 23.1 Å². The number of pyridine rings is 2. The Hall–Kier alpha value is -4.19. The Labute approximate surface area is 270 Å². The van der Waals surface area contributed by atoms with E-state index in [0.717, 1.165) is 67.4 Å². The number of thiophene rings is 1. The van der Waals surface area contributed by atoms with Crippen LogP contribution in [0.5, 0.6) is 0 Å². The van der Waals surface area contributed by atoms with E-state index in [4.69, 9.17) is 9.51 Å². The van der Waals surface area contributed by atoms with E-state index >= 15 is 0 Å². The number of fused-ring (bicyclic) bond motifs is 1. The highest BCUT2D eigenvalue weighted by Gasteiger charge is 2.24. The fourth-order valence-corrected chi connectivity index (χ4v) is 8.66. The van der Waals surface area contributed by atoms with E-state index in [2.05, 4.69) is 23.7 Å². The highest BCUT2D eigenvalue weighted by atomic mass is 32.2. The van der Waals surface area contributed by atoms with Crippen LogP contribution in [-0.4, -0.2) is 23.1 Å². The summed E-state index contributed by atoms with van der Waals surface area (Å²) in [7, 11) is -3.89. The van der Waals surface area contributed by atoms with E-state index in [1.807, 2.05) is 65.2 Å². The van der Waals surface area contributed by atoms with Crippen molar-refractivity contribution in [2.24, 2.45) is 0 Å². The average molecular weight is 657 g/mol. The van der Waals surface area contributed by atoms with Crippen molar-refractivity contribution in [1.29, 1.82) is 0 Å². The Morgan fingerprint density at radius 1 is 0.978 bits per heavy atom. The summed E-state index contributed by atoms with van der Waals surface area (Å²) in [6, 6.07) is 23.3. The molecular formula is C34H32N4O4S3. The second-order valence-electron chi connectivity index (χ2n) is 10.6. The van der Waals surface area contributed by atoms with Crippen LogP contribution < -0.4 is 10.3 Å². The molecule has 45 heavy (non-hydrogen) atoms. The van der Waals surface area contributed by atoms with E-state index in [-0.39, 0.29) is 15.6 Å². The summed E-state index contributed by atoms with van der Waals surface area (Å²) in [5.41, 5.74) is 5.61. The van der Waals surface area contributed by atoms with Gasteiger partial charge in [-0.05, 0) is 67.5 Å². The lowest BCUT2D eigenvalue weighted by atomic mass is 10.1. The minimum absolute atomic E-state index is 0.0870. The smallest absolute Gasteiger partial charge is 0.273 e. The summed E-state index contributed by atoms with van der Waals surface area (Å²) < 4.78 is 36.3. The molecule has 6 rings (SSSR count). The number of benzene rings is 2. The second kappa shape index (κ2) is 12.7. The van der Waals surface area contributed by atoms with Crippen LogP contribution in [0.4, 0.5) is 5.82 Å². The first-order chi connectivity index (χ1) is 21.7. The fraction of sp³-hybridized carbons (Fsp3) is 0.206. The summed E-state index contributed by atoms with van der Waals surface area (Å²) >= 11 is 2.72. The SMILES string of the molecule is CCc1cc2c(c(Sc3ccccc3)cc(=O)n2Cc2ccc(-c3ccsc3S(=O)(=O)Nc3noc(C)c3C)cc2)c(CC)n1. The lowest BCUT2D eigenvalue weighted by Crippen LogP contribution is -2.21. The first-order valence-corrected chi connectivity index (χ1v) is 17.8. The summed E-state index contributed by atoms with van der Waals surface area (Å²) in [6.07, 6.45) is 1.51. The molecular weight excluding hydrogens is 625 g/mol. The molecule has 8 nitrogen and oxygen atoms in total. The molecule has 0 spiro atoms. The van der Waals surface area contributed by atoms with E-state index in [1.165, 1.54) is 0 Å². The first kappa shape index (κ1) is 30.8. The van der Waals surface area contributed by atoms with Gasteiger partial charge in [0, 0.05) is 38.1 Å². The van der Waals surface area contributed by atoms with Gasteiger partial charge in [-0.15, -0.1) is 11.3 Å². The third-order valence-corrected chi connectivity index (χ3v) is 11.6. The van der Waals surface area contributed by atoms with Gasteiger partial charge in [-0.3, -0.25) is 14.5 Å². The molecule has 0 bridgehead atoms. The predicted molar refractivity (Wildman–Crippen MR) is 181 cm³/mol. The van der Waals surface area contributed by atoms with Crippen molar-refractivity contribution in [2.45, 2.75) is 61.1 Å². The predicted octanol–water partition coefficient (Wildman–Crippen LogP) is 7.85. The van der Waals surface area contributed by atoms with Crippen LogP contribution in [0.15, 0.2) is 101 Å². The third kappa shape index (κ3) is 6.20. The number of rotatable bonds is 10. The quantitative estimate of drug-likeness (QED) is 0.160.